The molecular weight excluding hydrogens is 449 g/mol. The van der Waals surface area contributed by atoms with Gasteiger partial charge in [-0.1, -0.05) is 66.7 Å². The Morgan fingerprint density at radius 3 is 1.38 bits per heavy atom. The van der Waals surface area contributed by atoms with Crippen molar-refractivity contribution in [2.75, 3.05) is 9.35 Å². The van der Waals surface area contributed by atoms with Gasteiger partial charge in [-0.25, -0.2) is 0 Å². The molecule has 3 rings (SSSR count). The van der Waals surface area contributed by atoms with Gasteiger partial charge in [0.15, 0.2) is 16.5 Å². The predicted octanol–water partition coefficient (Wildman–Crippen LogP) is 7.84. The van der Waals surface area contributed by atoms with E-state index < -0.39 is 16.5 Å². The van der Waals surface area contributed by atoms with Gasteiger partial charge in [-0.3, -0.25) is 9.35 Å². The Balaban J connectivity index is 2.04. The van der Waals surface area contributed by atoms with Gasteiger partial charge < -0.3 is 0 Å². The summed E-state index contributed by atoms with van der Waals surface area (Å²) in [6, 6.07) is 31.5. The van der Waals surface area contributed by atoms with Crippen LogP contribution in [0.5, 0.6) is 0 Å². The van der Waals surface area contributed by atoms with E-state index >= 15 is 0 Å². The second kappa shape index (κ2) is 11.0. The minimum absolute atomic E-state index is 0.686. The van der Waals surface area contributed by atoms with Crippen LogP contribution in [0.3, 0.4) is 0 Å². The summed E-state index contributed by atoms with van der Waals surface area (Å²) in [6.07, 6.45) is 0.686. The largest absolute Gasteiger partial charge is 0.295 e. The van der Waals surface area contributed by atoms with Crippen LogP contribution in [0.1, 0.15) is 18.9 Å². The first-order valence-corrected chi connectivity index (χ1v) is 18.8. The molecule has 4 nitrogen and oxygen atoms in total. The first-order valence-electron chi connectivity index (χ1n) is 11.9. The van der Waals surface area contributed by atoms with Crippen LogP contribution >= 0.6 is 0 Å². The molecule has 0 amide bonds. The number of hydrazone groups is 2. The number of anilines is 2. The van der Waals surface area contributed by atoms with Gasteiger partial charge >= 0.3 is 0 Å². The maximum atomic E-state index is 5.29. The van der Waals surface area contributed by atoms with Gasteiger partial charge in [0, 0.05) is 23.5 Å². The number of para-hydroxylation sites is 2. The van der Waals surface area contributed by atoms with Gasteiger partial charge in [0.25, 0.3) is 0 Å². The zero-order valence-electron chi connectivity index (χ0n) is 21.7. The summed E-state index contributed by atoms with van der Waals surface area (Å²) in [5, 5.41) is 10.4. The van der Waals surface area contributed by atoms with Crippen LogP contribution in [0.2, 0.25) is 39.3 Å². The van der Waals surface area contributed by atoms with Crippen molar-refractivity contribution in [1.82, 2.24) is 0 Å². The minimum Gasteiger partial charge on any atom is -0.295 e. The van der Waals surface area contributed by atoms with Gasteiger partial charge in [0.1, 0.15) is 0 Å². The molecule has 0 saturated heterocycles. The standard InChI is InChI=1S/C28H38N4Si2/c1-24(29-31(33(2,3)4)26-19-13-9-14-20-26)23-28(25-17-11-8-12-18-25)30-32(34(5,6)7)27-21-15-10-16-22-27/h8-22H,23H2,1-7H3. The first-order chi connectivity index (χ1) is 16.1. The van der Waals surface area contributed by atoms with E-state index in [1.165, 1.54) is 0 Å². The summed E-state index contributed by atoms with van der Waals surface area (Å²) in [5.41, 5.74) is 5.51. The molecular formula is C28H38N4Si2. The number of nitrogens with zero attached hydrogens (tertiary/aromatic N) is 4. The average Bonchev–Trinajstić information content (AvgIpc) is 2.80. The van der Waals surface area contributed by atoms with Gasteiger partial charge in [-0.15, -0.1) is 0 Å². The molecule has 0 saturated carbocycles. The topological polar surface area (TPSA) is 31.2 Å². The molecule has 0 atom stereocenters. The molecule has 34 heavy (non-hydrogen) atoms. The van der Waals surface area contributed by atoms with E-state index in [2.05, 4.69) is 147 Å². The third kappa shape index (κ3) is 7.01. The Bertz CT molecular complexity index is 1100. The lowest BCUT2D eigenvalue weighted by molar-refractivity contribution is 1.09. The fraction of sp³-hybridized carbons (Fsp3) is 0.286. The van der Waals surface area contributed by atoms with E-state index in [4.69, 9.17) is 10.2 Å². The second-order valence-electron chi connectivity index (χ2n) is 10.6. The molecule has 0 spiro atoms. The first kappa shape index (κ1) is 25.7. The molecule has 0 heterocycles. The zero-order chi connectivity index (χ0) is 24.8. The number of rotatable bonds is 9. The van der Waals surface area contributed by atoms with E-state index in [0.29, 0.717) is 6.42 Å². The van der Waals surface area contributed by atoms with E-state index in [0.717, 1.165) is 28.4 Å². The molecule has 3 aromatic rings. The second-order valence-corrected chi connectivity index (χ2v) is 20.1. The monoisotopic (exact) mass is 486 g/mol. The summed E-state index contributed by atoms with van der Waals surface area (Å²) in [6.45, 7) is 16.1. The highest BCUT2D eigenvalue weighted by Gasteiger charge is 2.27. The summed E-state index contributed by atoms with van der Waals surface area (Å²) in [5.74, 6) is 0. The Labute approximate surface area is 207 Å². The van der Waals surface area contributed by atoms with Crippen LogP contribution < -0.4 is 9.35 Å². The number of benzene rings is 3. The zero-order valence-corrected chi connectivity index (χ0v) is 23.7. The maximum absolute atomic E-state index is 5.29. The summed E-state index contributed by atoms with van der Waals surface area (Å²) in [4.78, 5) is 0. The molecule has 0 N–H and O–H groups in total. The Morgan fingerprint density at radius 2 is 0.971 bits per heavy atom. The molecule has 6 heteroatoms. The Hall–Kier alpha value is -2.97. The fourth-order valence-electron chi connectivity index (χ4n) is 3.72. The lowest BCUT2D eigenvalue weighted by Crippen LogP contribution is -2.44. The van der Waals surface area contributed by atoms with E-state index in [-0.39, 0.29) is 0 Å². The van der Waals surface area contributed by atoms with E-state index in [1.54, 1.807) is 0 Å². The molecule has 0 aliphatic rings. The van der Waals surface area contributed by atoms with Crippen molar-refractivity contribution in [2.24, 2.45) is 10.2 Å². The van der Waals surface area contributed by atoms with E-state index in [9.17, 15) is 0 Å². The van der Waals surface area contributed by atoms with Crippen molar-refractivity contribution in [3.05, 3.63) is 96.6 Å². The van der Waals surface area contributed by atoms with Gasteiger partial charge in [-0.2, -0.15) is 10.2 Å². The van der Waals surface area contributed by atoms with Crippen LogP contribution in [0.15, 0.2) is 101 Å². The Kier molecular flexibility index (Phi) is 8.28. The van der Waals surface area contributed by atoms with Crippen LogP contribution in [-0.2, 0) is 0 Å². The lowest BCUT2D eigenvalue weighted by atomic mass is 10.1. The quantitative estimate of drug-likeness (QED) is 0.175. The smallest absolute Gasteiger partial charge is 0.176 e. The minimum atomic E-state index is -1.79. The summed E-state index contributed by atoms with van der Waals surface area (Å²) in [7, 11) is -3.52. The molecule has 3 aromatic carbocycles. The van der Waals surface area contributed by atoms with Crippen LogP contribution in [0, 0.1) is 0 Å². The molecule has 0 bridgehead atoms. The predicted molar refractivity (Wildman–Crippen MR) is 155 cm³/mol. The lowest BCUT2D eigenvalue weighted by Gasteiger charge is -2.33. The van der Waals surface area contributed by atoms with Crippen molar-refractivity contribution >= 4 is 39.3 Å². The van der Waals surface area contributed by atoms with Gasteiger partial charge in [-0.05, 0) is 76.0 Å². The van der Waals surface area contributed by atoms with Crippen LogP contribution in [0.4, 0.5) is 11.4 Å². The number of hydrogen-bond acceptors (Lipinski definition) is 4. The molecule has 0 aliphatic carbocycles. The van der Waals surface area contributed by atoms with Crippen LogP contribution in [-0.4, -0.2) is 27.9 Å². The van der Waals surface area contributed by atoms with Crippen molar-refractivity contribution in [3.8, 4) is 0 Å². The Morgan fingerprint density at radius 1 is 0.588 bits per heavy atom. The normalized spacial score (nSPS) is 13.0. The molecule has 0 aromatic heterocycles. The third-order valence-corrected chi connectivity index (χ3v) is 8.55. The number of hydrogen-bond donors (Lipinski definition) is 0. The summed E-state index contributed by atoms with van der Waals surface area (Å²) >= 11 is 0. The van der Waals surface area contributed by atoms with Gasteiger partial charge in [0.05, 0.1) is 5.71 Å². The highest BCUT2D eigenvalue weighted by molar-refractivity contribution is 6.80. The highest BCUT2D eigenvalue weighted by Crippen LogP contribution is 2.25. The van der Waals surface area contributed by atoms with Crippen molar-refractivity contribution in [1.29, 1.82) is 0 Å². The molecule has 0 aliphatic heterocycles. The fourth-order valence-corrected chi connectivity index (χ4v) is 6.46. The molecule has 178 valence electrons. The average molecular weight is 487 g/mol. The van der Waals surface area contributed by atoms with Crippen molar-refractivity contribution in [2.45, 2.75) is 52.6 Å². The third-order valence-electron chi connectivity index (χ3n) is 5.29. The van der Waals surface area contributed by atoms with Crippen LogP contribution in [0.25, 0.3) is 0 Å². The summed E-state index contributed by atoms with van der Waals surface area (Å²) < 4.78 is 4.51. The highest BCUT2D eigenvalue weighted by atomic mass is 28.3. The van der Waals surface area contributed by atoms with E-state index in [1.807, 2.05) is 0 Å². The van der Waals surface area contributed by atoms with Gasteiger partial charge in [0.2, 0.25) is 0 Å². The SMILES string of the molecule is CC(CC(=NN(c1ccccc1)[Si](C)(C)C)c1ccccc1)=NN(c1ccccc1)[Si](C)(C)C. The van der Waals surface area contributed by atoms with Crippen molar-refractivity contribution in [3.63, 3.8) is 0 Å². The maximum Gasteiger partial charge on any atom is 0.176 e. The molecule has 0 fully saturated rings. The molecule has 0 radical (unpaired) electrons. The van der Waals surface area contributed by atoms with Crippen molar-refractivity contribution < 1.29 is 0 Å². The molecule has 0 unspecified atom stereocenters.